The Balaban J connectivity index is 1.61. The predicted molar refractivity (Wildman–Crippen MR) is 102 cm³/mol. The number of hydrogen-bond donors (Lipinski definition) is 1. The fourth-order valence-electron chi connectivity index (χ4n) is 3.49. The molecular formula is C21H22N2O4. The van der Waals surface area contributed by atoms with Gasteiger partial charge < -0.3 is 19.7 Å². The molecule has 1 atom stereocenters. The second-order valence-electron chi connectivity index (χ2n) is 6.68. The van der Waals surface area contributed by atoms with Gasteiger partial charge in [-0.3, -0.25) is 9.59 Å². The molecular weight excluding hydrogens is 344 g/mol. The number of ether oxygens (including phenoxy) is 2. The molecule has 140 valence electrons. The van der Waals surface area contributed by atoms with Crippen molar-refractivity contribution in [3.63, 3.8) is 0 Å². The van der Waals surface area contributed by atoms with E-state index < -0.39 is 0 Å². The van der Waals surface area contributed by atoms with Crippen molar-refractivity contribution in [2.24, 2.45) is 0 Å². The number of carbonyl (C=O) groups excluding carboxylic acids is 2. The second kappa shape index (κ2) is 7.40. The average Bonchev–Trinajstić information content (AvgIpc) is 3.17. The Kier molecular flexibility index (Phi) is 4.81. The van der Waals surface area contributed by atoms with E-state index in [-0.39, 0.29) is 17.9 Å². The van der Waals surface area contributed by atoms with E-state index in [0.717, 1.165) is 19.4 Å². The summed E-state index contributed by atoms with van der Waals surface area (Å²) in [6.45, 7) is 3.63. The summed E-state index contributed by atoms with van der Waals surface area (Å²) in [7, 11) is 0. The molecule has 1 N–H and O–H groups in total. The normalized spacial score (nSPS) is 18.3. The first-order chi connectivity index (χ1) is 13.2. The van der Waals surface area contributed by atoms with Gasteiger partial charge >= 0.3 is 0 Å². The van der Waals surface area contributed by atoms with Crippen molar-refractivity contribution >= 4 is 17.5 Å². The molecule has 6 nitrogen and oxygen atoms in total. The van der Waals surface area contributed by atoms with Gasteiger partial charge in [-0.1, -0.05) is 12.1 Å². The van der Waals surface area contributed by atoms with E-state index in [1.165, 1.54) is 0 Å². The van der Waals surface area contributed by atoms with Crippen LogP contribution < -0.4 is 15.0 Å². The van der Waals surface area contributed by atoms with Gasteiger partial charge in [-0.25, -0.2) is 0 Å². The fourth-order valence-corrected chi connectivity index (χ4v) is 3.49. The lowest BCUT2D eigenvalue weighted by molar-refractivity contribution is 0.0857. The van der Waals surface area contributed by atoms with E-state index in [1.54, 1.807) is 35.2 Å². The smallest absolute Gasteiger partial charge is 0.262 e. The lowest BCUT2D eigenvalue weighted by atomic mass is 10.1. The SMILES string of the molecule is CCN1C(=O)c2ccccc2Oc2ccc(C(=O)NC[C@@H]3CCCO3)cc21. The molecule has 2 heterocycles. The molecule has 0 radical (unpaired) electrons. The van der Waals surface area contributed by atoms with Crippen LogP contribution in [0.25, 0.3) is 0 Å². The van der Waals surface area contributed by atoms with Gasteiger partial charge in [-0.15, -0.1) is 0 Å². The molecule has 2 aliphatic heterocycles. The molecule has 0 bridgehead atoms. The number of fused-ring (bicyclic) bond motifs is 2. The molecule has 2 aromatic rings. The standard InChI is InChI=1S/C21H22N2O4/c1-2-23-17-12-14(20(24)22-13-15-6-5-11-26-15)9-10-19(17)27-18-8-4-3-7-16(18)21(23)25/h3-4,7-10,12,15H,2,5-6,11,13H2,1H3,(H,22,24)/t15-/m0/s1. The van der Waals surface area contributed by atoms with E-state index in [4.69, 9.17) is 9.47 Å². The lowest BCUT2D eigenvalue weighted by Crippen LogP contribution is -2.32. The summed E-state index contributed by atoms with van der Waals surface area (Å²) in [5, 5.41) is 2.92. The van der Waals surface area contributed by atoms with Crippen LogP contribution in [0.3, 0.4) is 0 Å². The maximum atomic E-state index is 12.9. The predicted octanol–water partition coefficient (Wildman–Crippen LogP) is 3.37. The van der Waals surface area contributed by atoms with Gasteiger partial charge in [0.05, 0.1) is 17.4 Å². The molecule has 0 spiro atoms. The van der Waals surface area contributed by atoms with E-state index in [0.29, 0.717) is 41.4 Å². The minimum Gasteiger partial charge on any atom is -0.454 e. The molecule has 0 saturated carbocycles. The molecule has 2 aromatic carbocycles. The fraction of sp³-hybridized carbons (Fsp3) is 0.333. The van der Waals surface area contributed by atoms with Crippen LogP contribution in [0.2, 0.25) is 0 Å². The van der Waals surface area contributed by atoms with Crippen molar-refractivity contribution in [3.05, 3.63) is 53.6 Å². The second-order valence-corrected chi connectivity index (χ2v) is 6.68. The molecule has 2 aliphatic rings. The van der Waals surface area contributed by atoms with Crippen LogP contribution in [0.4, 0.5) is 5.69 Å². The van der Waals surface area contributed by atoms with E-state index in [2.05, 4.69) is 5.32 Å². The number of para-hydroxylation sites is 1. The third kappa shape index (κ3) is 3.40. The van der Waals surface area contributed by atoms with Crippen molar-refractivity contribution in [1.82, 2.24) is 5.32 Å². The van der Waals surface area contributed by atoms with Crippen LogP contribution in [0.5, 0.6) is 11.5 Å². The maximum absolute atomic E-state index is 12.9. The van der Waals surface area contributed by atoms with Crippen LogP contribution >= 0.6 is 0 Å². The monoisotopic (exact) mass is 366 g/mol. The van der Waals surface area contributed by atoms with Crippen molar-refractivity contribution in [2.75, 3.05) is 24.6 Å². The largest absolute Gasteiger partial charge is 0.454 e. The van der Waals surface area contributed by atoms with Crippen LogP contribution in [0.1, 0.15) is 40.5 Å². The summed E-state index contributed by atoms with van der Waals surface area (Å²) < 4.78 is 11.5. The summed E-state index contributed by atoms with van der Waals surface area (Å²) in [6, 6.07) is 12.4. The highest BCUT2D eigenvalue weighted by atomic mass is 16.5. The number of nitrogens with one attached hydrogen (secondary N) is 1. The van der Waals surface area contributed by atoms with Gasteiger partial charge in [-0.05, 0) is 50.1 Å². The number of carbonyl (C=O) groups is 2. The number of anilines is 1. The zero-order valence-corrected chi connectivity index (χ0v) is 15.2. The summed E-state index contributed by atoms with van der Waals surface area (Å²) in [5.41, 5.74) is 1.61. The zero-order valence-electron chi connectivity index (χ0n) is 15.2. The Morgan fingerprint density at radius 1 is 1.22 bits per heavy atom. The molecule has 27 heavy (non-hydrogen) atoms. The van der Waals surface area contributed by atoms with Crippen LogP contribution in [0, 0.1) is 0 Å². The molecule has 6 heteroatoms. The Morgan fingerprint density at radius 2 is 2.07 bits per heavy atom. The summed E-state index contributed by atoms with van der Waals surface area (Å²) in [5.74, 6) is 0.767. The highest BCUT2D eigenvalue weighted by molar-refractivity contribution is 6.10. The highest BCUT2D eigenvalue weighted by Crippen LogP contribution is 2.39. The van der Waals surface area contributed by atoms with Crippen molar-refractivity contribution < 1.29 is 19.1 Å². The average molecular weight is 366 g/mol. The number of rotatable bonds is 4. The van der Waals surface area contributed by atoms with Crippen LogP contribution in [-0.2, 0) is 4.74 Å². The van der Waals surface area contributed by atoms with Gasteiger partial charge in [0.25, 0.3) is 11.8 Å². The first kappa shape index (κ1) is 17.5. The summed E-state index contributed by atoms with van der Waals surface area (Å²) in [6.07, 6.45) is 2.08. The van der Waals surface area contributed by atoms with Gasteiger partial charge in [0.1, 0.15) is 5.75 Å². The van der Waals surface area contributed by atoms with Gasteiger partial charge in [0, 0.05) is 25.3 Å². The first-order valence-electron chi connectivity index (χ1n) is 9.30. The molecule has 4 rings (SSSR count). The topological polar surface area (TPSA) is 67.9 Å². The van der Waals surface area contributed by atoms with Crippen molar-refractivity contribution in [3.8, 4) is 11.5 Å². The number of hydrogen-bond acceptors (Lipinski definition) is 4. The van der Waals surface area contributed by atoms with E-state index in [9.17, 15) is 9.59 Å². The highest BCUT2D eigenvalue weighted by Gasteiger charge is 2.28. The third-order valence-corrected chi connectivity index (χ3v) is 4.92. The number of amides is 2. The van der Waals surface area contributed by atoms with E-state index >= 15 is 0 Å². The maximum Gasteiger partial charge on any atom is 0.262 e. The van der Waals surface area contributed by atoms with Crippen molar-refractivity contribution in [1.29, 1.82) is 0 Å². The van der Waals surface area contributed by atoms with E-state index in [1.807, 2.05) is 19.1 Å². The van der Waals surface area contributed by atoms with Crippen LogP contribution in [0.15, 0.2) is 42.5 Å². The van der Waals surface area contributed by atoms with Crippen molar-refractivity contribution in [2.45, 2.75) is 25.9 Å². The van der Waals surface area contributed by atoms with Crippen LogP contribution in [-0.4, -0.2) is 37.6 Å². The Hall–Kier alpha value is -2.86. The lowest BCUT2D eigenvalue weighted by Gasteiger charge is -2.21. The van der Waals surface area contributed by atoms with Gasteiger partial charge in [-0.2, -0.15) is 0 Å². The Labute approximate surface area is 158 Å². The molecule has 0 aliphatic carbocycles. The number of nitrogens with zero attached hydrogens (tertiary/aromatic N) is 1. The summed E-state index contributed by atoms with van der Waals surface area (Å²) in [4.78, 5) is 27.1. The minimum absolute atomic E-state index is 0.0846. The molecule has 0 unspecified atom stereocenters. The Morgan fingerprint density at radius 3 is 2.85 bits per heavy atom. The molecule has 1 fully saturated rings. The Bertz CT molecular complexity index is 874. The third-order valence-electron chi connectivity index (χ3n) is 4.92. The molecule has 1 saturated heterocycles. The zero-order chi connectivity index (χ0) is 18.8. The molecule has 0 aromatic heterocycles. The molecule has 2 amide bonds. The number of benzene rings is 2. The quantitative estimate of drug-likeness (QED) is 0.901. The minimum atomic E-state index is -0.182. The van der Waals surface area contributed by atoms with Gasteiger partial charge in [0.2, 0.25) is 0 Å². The van der Waals surface area contributed by atoms with Gasteiger partial charge in [0.15, 0.2) is 5.75 Å². The first-order valence-corrected chi connectivity index (χ1v) is 9.30. The summed E-state index contributed by atoms with van der Waals surface area (Å²) >= 11 is 0.